The van der Waals surface area contributed by atoms with E-state index in [2.05, 4.69) is 35.2 Å². The Kier molecular flexibility index (Phi) is 3.56. The lowest BCUT2D eigenvalue weighted by Crippen LogP contribution is -2.56. The number of ketones is 1. The summed E-state index contributed by atoms with van der Waals surface area (Å²) in [4.78, 5) is 20.2. The van der Waals surface area contributed by atoms with Crippen LogP contribution in [-0.4, -0.2) is 22.1 Å². The fraction of sp³-hybridized carbons (Fsp3) is 0.440. The van der Waals surface area contributed by atoms with Gasteiger partial charge in [-0.25, -0.2) is 0 Å². The molecule has 2 aliphatic heterocycles. The molecule has 3 nitrogen and oxygen atoms in total. The van der Waals surface area contributed by atoms with E-state index in [1.807, 2.05) is 12.2 Å². The molecule has 3 aliphatic carbocycles. The number of benzene rings is 1. The summed E-state index contributed by atoms with van der Waals surface area (Å²) in [6.45, 7) is 0. The molecule has 5 aliphatic rings. The Bertz CT molecular complexity index is 968. The molecule has 0 amide bonds. The van der Waals surface area contributed by atoms with Gasteiger partial charge in [-0.1, -0.05) is 36.8 Å². The van der Waals surface area contributed by atoms with Gasteiger partial charge >= 0.3 is 0 Å². The van der Waals surface area contributed by atoms with Crippen molar-refractivity contribution in [3.63, 3.8) is 0 Å². The Hall–Kier alpha value is -2.42. The second-order valence-electron chi connectivity index (χ2n) is 8.90. The standard InChI is InChI=1S/C25H26N2O/c28-18-13-14-21-23(16-18)27-22-12-5-4-10-19(22)24(17-8-2-1-3-9-17)20-11-6-7-15-25(20,27)26-21/h1-3,8-9,13-14,16,20,24H,4-7,10-12,15H2/t20-,24-,25-/m0/s1. The number of carbonyl (C=O) groups is 1. The SMILES string of the molecule is O=C1C=CC2=N[C@]34CCCC[C@H]3[C@@H](c3ccccc3)C3=C(CCCC3)N4C2=C1. The van der Waals surface area contributed by atoms with Gasteiger partial charge in [-0.3, -0.25) is 9.79 Å². The van der Waals surface area contributed by atoms with Crippen molar-refractivity contribution >= 4 is 11.5 Å². The number of aliphatic imine (C=N–C) groups is 1. The molecule has 142 valence electrons. The summed E-state index contributed by atoms with van der Waals surface area (Å²) in [5.41, 5.74) is 6.47. The lowest BCUT2D eigenvalue weighted by molar-refractivity contribution is -0.110. The minimum Gasteiger partial charge on any atom is -0.318 e. The highest BCUT2D eigenvalue weighted by Gasteiger charge is 2.58. The van der Waals surface area contributed by atoms with Crippen molar-refractivity contribution < 1.29 is 4.79 Å². The van der Waals surface area contributed by atoms with Gasteiger partial charge in [0.2, 0.25) is 0 Å². The monoisotopic (exact) mass is 370 g/mol. The van der Waals surface area contributed by atoms with Crippen LogP contribution < -0.4 is 0 Å². The number of nitrogens with zero attached hydrogens (tertiary/aromatic N) is 2. The van der Waals surface area contributed by atoms with Gasteiger partial charge in [-0.2, -0.15) is 0 Å². The first-order chi connectivity index (χ1) is 13.8. The maximum atomic E-state index is 12.2. The van der Waals surface area contributed by atoms with Crippen molar-refractivity contribution in [3.8, 4) is 0 Å². The van der Waals surface area contributed by atoms with E-state index < -0.39 is 0 Å². The van der Waals surface area contributed by atoms with E-state index in [1.165, 1.54) is 49.8 Å². The molecule has 0 N–H and O–H groups in total. The van der Waals surface area contributed by atoms with Crippen LogP contribution in [0.4, 0.5) is 0 Å². The third kappa shape index (κ3) is 2.16. The molecule has 2 heterocycles. The minimum atomic E-state index is -0.189. The topological polar surface area (TPSA) is 32.7 Å². The van der Waals surface area contributed by atoms with Gasteiger partial charge in [0.15, 0.2) is 5.78 Å². The minimum absolute atomic E-state index is 0.0986. The highest BCUT2D eigenvalue weighted by molar-refractivity contribution is 6.20. The molecular weight excluding hydrogens is 344 g/mol. The van der Waals surface area contributed by atoms with Crippen LogP contribution >= 0.6 is 0 Å². The zero-order valence-corrected chi connectivity index (χ0v) is 16.2. The van der Waals surface area contributed by atoms with Crippen molar-refractivity contribution in [2.75, 3.05) is 0 Å². The van der Waals surface area contributed by atoms with E-state index in [-0.39, 0.29) is 11.4 Å². The van der Waals surface area contributed by atoms with Crippen LogP contribution in [0.1, 0.15) is 62.8 Å². The van der Waals surface area contributed by atoms with Crippen molar-refractivity contribution in [2.45, 2.75) is 62.9 Å². The maximum absolute atomic E-state index is 12.2. The van der Waals surface area contributed by atoms with Gasteiger partial charge in [0, 0.05) is 23.6 Å². The number of hydrogen-bond acceptors (Lipinski definition) is 3. The number of allylic oxidation sites excluding steroid dienone is 5. The van der Waals surface area contributed by atoms with Crippen molar-refractivity contribution in [2.24, 2.45) is 10.9 Å². The van der Waals surface area contributed by atoms with Gasteiger partial charge in [0.25, 0.3) is 0 Å². The second kappa shape index (κ2) is 6.04. The third-order valence-electron chi connectivity index (χ3n) is 7.48. The molecule has 0 unspecified atom stereocenters. The van der Waals surface area contributed by atoms with Crippen molar-refractivity contribution in [1.29, 1.82) is 0 Å². The molecular formula is C25H26N2O. The molecule has 28 heavy (non-hydrogen) atoms. The fourth-order valence-corrected chi connectivity index (χ4v) is 6.48. The molecule has 1 fully saturated rings. The van der Waals surface area contributed by atoms with Crippen LogP contribution in [0.3, 0.4) is 0 Å². The summed E-state index contributed by atoms with van der Waals surface area (Å²) in [6, 6.07) is 11.1. The number of hydrogen-bond donors (Lipinski definition) is 0. The van der Waals surface area contributed by atoms with E-state index in [9.17, 15) is 4.79 Å². The highest BCUT2D eigenvalue weighted by Crippen LogP contribution is 2.60. The molecule has 1 aromatic carbocycles. The Labute approximate surface area is 166 Å². The van der Waals surface area contributed by atoms with Crippen LogP contribution in [-0.2, 0) is 4.79 Å². The second-order valence-corrected chi connectivity index (χ2v) is 8.90. The molecule has 0 bridgehead atoms. The first kappa shape index (κ1) is 16.5. The quantitative estimate of drug-likeness (QED) is 0.630. The Morgan fingerprint density at radius 2 is 1.86 bits per heavy atom. The Morgan fingerprint density at radius 1 is 1.00 bits per heavy atom. The van der Waals surface area contributed by atoms with E-state index in [4.69, 9.17) is 4.99 Å². The molecule has 0 aromatic heterocycles. The zero-order valence-electron chi connectivity index (χ0n) is 16.2. The van der Waals surface area contributed by atoms with E-state index >= 15 is 0 Å². The van der Waals surface area contributed by atoms with E-state index in [0.29, 0.717) is 11.8 Å². The Morgan fingerprint density at radius 3 is 2.75 bits per heavy atom. The summed E-state index contributed by atoms with van der Waals surface area (Å²) >= 11 is 0. The smallest absolute Gasteiger partial charge is 0.180 e. The van der Waals surface area contributed by atoms with Gasteiger partial charge in [0.1, 0.15) is 5.66 Å². The van der Waals surface area contributed by atoms with Crippen LogP contribution in [0.2, 0.25) is 0 Å². The van der Waals surface area contributed by atoms with Gasteiger partial charge in [0.05, 0.1) is 11.4 Å². The molecule has 1 saturated carbocycles. The first-order valence-corrected chi connectivity index (χ1v) is 10.9. The van der Waals surface area contributed by atoms with Crippen LogP contribution in [0.25, 0.3) is 0 Å². The number of rotatable bonds is 1. The normalized spacial score (nSPS) is 33.6. The third-order valence-corrected chi connectivity index (χ3v) is 7.48. The van der Waals surface area contributed by atoms with Gasteiger partial charge < -0.3 is 4.90 Å². The highest BCUT2D eigenvalue weighted by atomic mass is 16.1. The summed E-state index contributed by atoms with van der Waals surface area (Å²) < 4.78 is 0. The predicted molar refractivity (Wildman–Crippen MR) is 111 cm³/mol. The number of carbonyl (C=O) groups excluding carboxylic acids is 1. The zero-order chi connectivity index (χ0) is 18.7. The lowest BCUT2D eigenvalue weighted by Gasteiger charge is -2.56. The summed E-state index contributed by atoms with van der Waals surface area (Å²) in [6.07, 6.45) is 15.1. The number of fused-ring (bicyclic) bond motifs is 3. The molecule has 1 aromatic rings. The largest absolute Gasteiger partial charge is 0.318 e. The summed E-state index contributed by atoms with van der Waals surface area (Å²) in [5, 5.41) is 0. The fourth-order valence-electron chi connectivity index (χ4n) is 6.48. The maximum Gasteiger partial charge on any atom is 0.180 e. The predicted octanol–water partition coefficient (Wildman–Crippen LogP) is 5.28. The summed E-state index contributed by atoms with van der Waals surface area (Å²) in [7, 11) is 0. The molecule has 3 atom stereocenters. The average molecular weight is 370 g/mol. The summed E-state index contributed by atoms with van der Waals surface area (Å²) in [5.74, 6) is 1.06. The van der Waals surface area contributed by atoms with Gasteiger partial charge in [-0.05, 0) is 68.2 Å². The van der Waals surface area contributed by atoms with Crippen LogP contribution in [0.5, 0.6) is 0 Å². The van der Waals surface area contributed by atoms with Crippen LogP contribution in [0.15, 0.2) is 70.5 Å². The van der Waals surface area contributed by atoms with Crippen molar-refractivity contribution in [1.82, 2.24) is 4.90 Å². The Balaban J connectivity index is 1.61. The molecule has 0 saturated heterocycles. The first-order valence-electron chi connectivity index (χ1n) is 10.9. The lowest BCUT2D eigenvalue weighted by atomic mass is 9.62. The molecule has 1 spiro atoms. The van der Waals surface area contributed by atoms with Crippen molar-refractivity contribution in [3.05, 3.63) is 71.1 Å². The van der Waals surface area contributed by atoms with E-state index in [1.54, 1.807) is 11.6 Å². The molecule has 3 heteroatoms. The van der Waals surface area contributed by atoms with Crippen LogP contribution in [0, 0.1) is 5.92 Å². The van der Waals surface area contributed by atoms with E-state index in [0.717, 1.165) is 24.3 Å². The van der Waals surface area contributed by atoms with Gasteiger partial charge in [-0.15, -0.1) is 0 Å². The molecule has 6 rings (SSSR count). The molecule has 0 radical (unpaired) electrons. The average Bonchev–Trinajstić information content (AvgIpc) is 3.06.